The van der Waals surface area contributed by atoms with E-state index in [1.807, 2.05) is 24.3 Å². The number of sulfonamides is 1. The molecule has 0 aliphatic carbocycles. The topological polar surface area (TPSA) is 75.7 Å². The first-order valence-corrected chi connectivity index (χ1v) is 10.4. The highest BCUT2D eigenvalue weighted by Crippen LogP contribution is 2.34. The fourth-order valence-electron chi connectivity index (χ4n) is 3.35. The number of ether oxygens (including phenoxy) is 1. The van der Waals surface area contributed by atoms with Crippen molar-refractivity contribution in [1.29, 1.82) is 0 Å². The Morgan fingerprint density at radius 3 is 2.68 bits per heavy atom. The van der Waals surface area contributed by atoms with Gasteiger partial charge in [0.25, 0.3) is 0 Å². The number of benzene rings is 2. The number of rotatable bonds is 6. The van der Waals surface area contributed by atoms with E-state index in [2.05, 4.69) is 5.32 Å². The molecule has 3 rings (SSSR count). The first-order valence-electron chi connectivity index (χ1n) is 8.97. The van der Waals surface area contributed by atoms with Crippen molar-refractivity contribution < 1.29 is 17.9 Å². The third-order valence-corrected chi connectivity index (χ3v) is 6.68. The van der Waals surface area contributed by atoms with Crippen LogP contribution >= 0.6 is 12.4 Å². The lowest BCUT2D eigenvalue weighted by Crippen LogP contribution is -2.48. The number of Topliss-reactive ketones (excluding diaryl/α,β-unsaturated/α-hetero) is 1. The van der Waals surface area contributed by atoms with E-state index in [0.29, 0.717) is 37.4 Å². The Balaban J connectivity index is 0.00000280. The molecular weight excluding hydrogens is 400 g/mol. The summed E-state index contributed by atoms with van der Waals surface area (Å²) in [5.74, 6) is 0.579. The number of halogens is 1. The lowest BCUT2D eigenvalue weighted by Gasteiger charge is -2.36. The fraction of sp³-hybridized carbons (Fsp3) is 0.350. The predicted molar refractivity (Wildman–Crippen MR) is 111 cm³/mol. The number of hydrogen-bond donors (Lipinski definition) is 1. The lowest BCUT2D eigenvalue weighted by atomic mass is 10.0. The molecule has 152 valence electrons. The van der Waals surface area contributed by atoms with Crippen LogP contribution in [0.2, 0.25) is 0 Å². The summed E-state index contributed by atoms with van der Waals surface area (Å²) >= 11 is 0. The summed E-state index contributed by atoms with van der Waals surface area (Å²) in [6.07, 6.45) is 0.334. The first kappa shape index (κ1) is 22.4. The minimum absolute atomic E-state index is 0. The van der Waals surface area contributed by atoms with E-state index in [4.69, 9.17) is 4.74 Å². The summed E-state index contributed by atoms with van der Waals surface area (Å²) in [5.41, 5.74) is 1.24. The van der Waals surface area contributed by atoms with Crippen LogP contribution in [0.4, 0.5) is 0 Å². The Bertz CT molecular complexity index is 933. The average molecular weight is 425 g/mol. The predicted octanol–water partition coefficient (Wildman–Crippen LogP) is 3.04. The zero-order chi connectivity index (χ0) is 19.4. The molecule has 28 heavy (non-hydrogen) atoms. The molecule has 1 atom stereocenters. The van der Waals surface area contributed by atoms with Gasteiger partial charge in [-0.05, 0) is 18.2 Å². The van der Waals surface area contributed by atoms with Gasteiger partial charge in [-0.2, -0.15) is 4.31 Å². The van der Waals surface area contributed by atoms with E-state index < -0.39 is 10.0 Å². The van der Waals surface area contributed by atoms with Crippen molar-refractivity contribution in [2.75, 3.05) is 26.7 Å². The van der Waals surface area contributed by atoms with Crippen molar-refractivity contribution >= 4 is 28.2 Å². The van der Waals surface area contributed by atoms with Crippen LogP contribution in [0.25, 0.3) is 0 Å². The molecule has 0 spiro atoms. The number of para-hydroxylation sites is 1. The third kappa shape index (κ3) is 4.38. The van der Waals surface area contributed by atoms with Gasteiger partial charge in [0.05, 0.1) is 18.0 Å². The number of hydrogen-bond acceptors (Lipinski definition) is 5. The van der Waals surface area contributed by atoms with Gasteiger partial charge >= 0.3 is 0 Å². The maximum atomic E-state index is 13.4. The molecule has 1 N–H and O–H groups in total. The Hall–Kier alpha value is -1.93. The standard InChI is InChI=1S/C20H24N2O4S.ClH/c1-3-19(23)15-7-6-8-16(13-15)27(24,25)22-12-11-21-14-18(22)17-9-4-5-10-20(17)26-2;/h4-10,13,18,21H,3,11-12,14H2,1-2H3;1H. The van der Waals surface area contributed by atoms with Crippen LogP contribution < -0.4 is 10.1 Å². The molecule has 1 heterocycles. The molecule has 0 radical (unpaired) electrons. The van der Waals surface area contributed by atoms with Crippen molar-refractivity contribution in [1.82, 2.24) is 9.62 Å². The molecule has 8 heteroatoms. The second kappa shape index (κ2) is 9.52. The second-order valence-electron chi connectivity index (χ2n) is 6.38. The zero-order valence-electron chi connectivity index (χ0n) is 15.9. The van der Waals surface area contributed by atoms with Crippen molar-refractivity contribution in [2.24, 2.45) is 0 Å². The quantitative estimate of drug-likeness (QED) is 0.721. The van der Waals surface area contributed by atoms with Crippen LogP contribution in [0, 0.1) is 0 Å². The molecule has 1 fully saturated rings. The Morgan fingerprint density at radius 1 is 1.21 bits per heavy atom. The number of carbonyl (C=O) groups is 1. The largest absolute Gasteiger partial charge is 0.496 e. The van der Waals surface area contributed by atoms with Crippen LogP contribution in [0.5, 0.6) is 5.75 Å². The van der Waals surface area contributed by atoms with Crippen molar-refractivity contribution in [3.63, 3.8) is 0 Å². The van der Waals surface area contributed by atoms with Crippen molar-refractivity contribution in [2.45, 2.75) is 24.3 Å². The minimum Gasteiger partial charge on any atom is -0.496 e. The molecule has 0 amide bonds. The third-order valence-electron chi connectivity index (χ3n) is 4.78. The molecule has 0 saturated carbocycles. The van der Waals surface area contributed by atoms with Crippen molar-refractivity contribution in [3.05, 3.63) is 59.7 Å². The summed E-state index contributed by atoms with van der Waals surface area (Å²) in [4.78, 5) is 12.1. The molecule has 6 nitrogen and oxygen atoms in total. The van der Waals surface area contributed by atoms with Gasteiger partial charge in [0, 0.05) is 37.2 Å². The Kier molecular flexibility index (Phi) is 7.60. The van der Waals surface area contributed by atoms with Gasteiger partial charge in [-0.25, -0.2) is 8.42 Å². The van der Waals surface area contributed by atoms with E-state index in [0.717, 1.165) is 5.56 Å². The molecule has 1 unspecified atom stereocenters. The number of nitrogens with one attached hydrogen (secondary N) is 1. The fourth-order valence-corrected chi connectivity index (χ4v) is 5.00. The van der Waals surface area contributed by atoms with Crippen LogP contribution in [-0.4, -0.2) is 45.3 Å². The van der Waals surface area contributed by atoms with Gasteiger partial charge in [-0.1, -0.05) is 37.3 Å². The minimum atomic E-state index is -3.76. The Labute approximate surface area is 172 Å². The summed E-state index contributed by atoms with van der Waals surface area (Å²) in [6, 6.07) is 13.4. The molecule has 0 bridgehead atoms. The summed E-state index contributed by atoms with van der Waals surface area (Å²) in [6.45, 7) is 3.17. The molecule has 2 aromatic carbocycles. The monoisotopic (exact) mass is 424 g/mol. The van der Waals surface area contributed by atoms with E-state index in [-0.39, 0.29) is 29.1 Å². The molecule has 1 saturated heterocycles. The van der Waals surface area contributed by atoms with Crippen LogP contribution in [0.1, 0.15) is 35.3 Å². The van der Waals surface area contributed by atoms with Crippen LogP contribution in [0.15, 0.2) is 53.4 Å². The Morgan fingerprint density at radius 2 is 1.96 bits per heavy atom. The number of methoxy groups -OCH3 is 1. The van der Waals surface area contributed by atoms with E-state index >= 15 is 0 Å². The highest BCUT2D eigenvalue weighted by Gasteiger charge is 2.35. The van der Waals surface area contributed by atoms with Gasteiger partial charge in [-0.15, -0.1) is 12.4 Å². The SMILES string of the molecule is CCC(=O)c1cccc(S(=O)(=O)N2CCNCC2c2ccccc2OC)c1.Cl. The van der Waals surface area contributed by atoms with E-state index in [1.54, 1.807) is 32.2 Å². The van der Waals surface area contributed by atoms with Gasteiger partial charge in [0.1, 0.15) is 5.75 Å². The summed E-state index contributed by atoms with van der Waals surface area (Å²) < 4.78 is 33.7. The van der Waals surface area contributed by atoms with Crippen LogP contribution in [0.3, 0.4) is 0 Å². The lowest BCUT2D eigenvalue weighted by molar-refractivity contribution is 0.0988. The molecule has 1 aliphatic heterocycles. The van der Waals surface area contributed by atoms with Gasteiger partial charge in [-0.3, -0.25) is 4.79 Å². The highest BCUT2D eigenvalue weighted by atomic mass is 35.5. The van der Waals surface area contributed by atoms with Crippen molar-refractivity contribution in [3.8, 4) is 5.75 Å². The van der Waals surface area contributed by atoms with Gasteiger partial charge in [0.15, 0.2) is 5.78 Å². The van der Waals surface area contributed by atoms with E-state index in [9.17, 15) is 13.2 Å². The number of ketones is 1. The highest BCUT2D eigenvalue weighted by molar-refractivity contribution is 7.89. The molecule has 0 aromatic heterocycles. The average Bonchev–Trinajstić information content (AvgIpc) is 2.73. The maximum Gasteiger partial charge on any atom is 0.243 e. The number of carbonyl (C=O) groups excluding carboxylic acids is 1. The van der Waals surface area contributed by atoms with Crippen LogP contribution in [-0.2, 0) is 10.0 Å². The first-order chi connectivity index (χ1) is 13.0. The molecule has 2 aromatic rings. The maximum absolute atomic E-state index is 13.4. The van der Waals surface area contributed by atoms with Gasteiger partial charge < -0.3 is 10.1 Å². The number of nitrogens with zero attached hydrogens (tertiary/aromatic N) is 1. The molecule has 1 aliphatic rings. The number of piperazine rings is 1. The van der Waals surface area contributed by atoms with Gasteiger partial charge in [0.2, 0.25) is 10.0 Å². The molecular formula is C20H25ClN2O4S. The zero-order valence-corrected chi connectivity index (χ0v) is 17.6. The van der Waals surface area contributed by atoms with E-state index in [1.165, 1.54) is 10.4 Å². The smallest absolute Gasteiger partial charge is 0.243 e. The summed E-state index contributed by atoms with van der Waals surface area (Å²) in [7, 11) is -2.19. The summed E-state index contributed by atoms with van der Waals surface area (Å²) in [5, 5.41) is 3.26. The second-order valence-corrected chi connectivity index (χ2v) is 8.27. The normalized spacial score (nSPS) is 17.6.